The van der Waals surface area contributed by atoms with Crippen molar-refractivity contribution in [1.29, 1.82) is 0 Å². The van der Waals surface area contributed by atoms with E-state index in [-0.39, 0.29) is 11.6 Å². The van der Waals surface area contributed by atoms with Crippen molar-refractivity contribution in [2.45, 2.75) is 13.3 Å². The first-order chi connectivity index (χ1) is 12.6. The molecular formula is C20H19ClN4O. The lowest BCUT2D eigenvalue weighted by atomic mass is 10.1. The van der Waals surface area contributed by atoms with Gasteiger partial charge in [0.05, 0.1) is 12.4 Å². The van der Waals surface area contributed by atoms with E-state index >= 15 is 0 Å². The number of carbonyl (C=O) groups is 1. The number of hydrogen-bond donors (Lipinski definition) is 2. The van der Waals surface area contributed by atoms with Gasteiger partial charge < -0.3 is 10.6 Å². The summed E-state index contributed by atoms with van der Waals surface area (Å²) in [5, 5.41) is 6.73. The average Bonchev–Trinajstić information content (AvgIpc) is 2.62. The summed E-state index contributed by atoms with van der Waals surface area (Å²) in [7, 11) is 0. The fraction of sp³-hybridized carbons (Fsp3) is 0.150. The lowest BCUT2D eigenvalue weighted by Crippen LogP contribution is -2.15. The van der Waals surface area contributed by atoms with Gasteiger partial charge in [-0.3, -0.25) is 4.79 Å². The third-order valence-electron chi connectivity index (χ3n) is 3.77. The molecular weight excluding hydrogens is 348 g/mol. The molecule has 0 aliphatic carbocycles. The van der Waals surface area contributed by atoms with Crippen molar-refractivity contribution < 1.29 is 4.79 Å². The van der Waals surface area contributed by atoms with Crippen LogP contribution in [-0.2, 0) is 6.42 Å². The zero-order valence-corrected chi connectivity index (χ0v) is 15.1. The molecule has 0 saturated carbocycles. The quantitative estimate of drug-likeness (QED) is 0.680. The highest BCUT2D eigenvalue weighted by molar-refractivity contribution is 6.30. The fourth-order valence-electron chi connectivity index (χ4n) is 2.48. The summed E-state index contributed by atoms with van der Waals surface area (Å²) < 4.78 is 0. The van der Waals surface area contributed by atoms with E-state index in [1.807, 2.05) is 55.5 Å². The van der Waals surface area contributed by atoms with Gasteiger partial charge in [0.2, 0.25) is 0 Å². The molecule has 1 heterocycles. The second-order valence-electron chi connectivity index (χ2n) is 5.92. The molecule has 0 saturated heterocycles. The van der Waals surface area contributed by atoms with Gasteiger partial charge in [0.1, 0.15) is 11.5 Å². The van der Waals surface area contributed by atoms with Gasteiger partial charge in [0.25, 0.3) is 5.91 Å². The summed E-state index contributed by atoms with van der Waals surface area (Å²) in [6.45, 7) is 2.67. The predicted molar refractivity (Wildman–Crippen MR) is 105 cm³/mol. The number of halogens is 1. The summed E-state index contributed by atoms with van der Waals surface area (Å²) in [6, 6.07) is 15.3. The maximum Gasteiger partial charge on any atom is 0.275 e. The van der Waals surface area contributed by atoms with E-state index < -0.39 is 0 Å². The number of aryl methyl sites for hydroxylation is 1. The fourth-order valence-corrected chi connectivity index (χ4v) is 2.69. The van der Waals surface area contributed by atoms with Crippen molar-refractivity contribution in [2.24, 2.45) is 0 Å². The predicted octanol–water partition coefficient (Wildman–Crippen LogP) is 4.35. The maximum atomic E-state index is 12.2. The van der Waals surface area contributed by atoms with Crippen molar-refractivity contribution in [2.75, 3.05) is 17.2 Å². The monoisotopic (exact) mass is 366 g/mol. The largest absolute Gasteiger partial charge is 0.368 e. The van der Waals surface area contributed by atoms with E-state index in [4.69, 9.17) is 11.6 Å². The van der Waals surface area contributed by atoms with Gasteiger partial charge in [-0.05, 0) is 48.7 Å². The van der Waals surface area contributed by atoms with Crippen LogP contribution in [0.2, 0.25) is 5.02 Å². The van der Waals surface area contributed by atoms with Crippen molar-refractivity contribution in [3.8, 4) is 0 Å². The standard InChI is InChI=1S/C20H19ClN4O/c1-14-4-2-7-17(10-14)25-20(26)18-12-24-19(13-23-18)22-9-8-15-5-3-6-16(21)11-15/h2-7,10-13H,8-9H2,1H3,(H,22,24)(H,25,26). The molecule has 0 radical (unpaired) electrons. The minimum absolute atomic E-state index is 0.270. The topological polar surface area (TPSA) is 66.9 Å². The number of hydrogen-bond acceptors (Lipinski definition) is 4. The molecule has 2 N–H and O–H groups in total. The maximum absolute atomic E-state index is 12.2. The summed E-state index contributed by atoms with van der Waals surface area (Å²) in [4.78, 5) is 20.6. The molecule has 2 aromatic carbocycles. The number of nitrogens with one attached hydrogen (secondary N) is 2. The normalized spacial score (nSPS) is 10.4. The minimum Gasteiger partial charge on any atom is -0.368 e. The van der Waals surface area contributed by atoms with Crippen molar-refractivity contribution in [1.82, 2.24) is 9.97 Å². The van der Waals surface area contributed by atoms with Crippen LogP contribution in [0, 0.1) is 6.92 Å². The molecule has 6 heteroatoms. The lowest BCUT2D eigenvalue weighted by Gasteiger charge is -2.07. The van der Waals surface area contributed by atoms with E-state index in [0.29, 0.717) is 12.4 Å². The highest BCUT2D eigenvalue weighted by atomic mass is 35.5. The molecule has 132 valence electrons. The highest BCUT2D eigenvalue weighted by Crippen LogP contribution is 2.12. The van der Waals surface area contributed by atoms with Crippen molar-refractivity contribution in [3.05, 3.63) is 82.8 Å². The molecule has 5 nitrogen and oxygen atoms in total. The first-order valence-electron chi connectivity index (χ1n) is 8.28. The second-order valence-corrected chi connectivity index (χ2v) is 6.35. The van der Waals surface area contributed by atoms with Gasteiger partial charge in [-0.1, -0.05) is 35.9 Å². The Hall–Kier alpha value is -2.92. The lowest BCUT2D eigenvalue weighted by molar-refractivity contribution is 0.102. The Bertz CT molecular complexity index is 896. The minimum atomic E-state index is -0.284. The van der Waals surface area contributed by atoms with E-state index in [1.165, 1.54) is 6.20 Å². The van der Waals surface area contributed by atoms with Crippen LogP contribution in [0.15, 0.2) is 60.9 Å². The van der Waals surface area contributed by atoms with E-state index in [9.17, 15) is 4.79 Å². The molecule has 3 aromatic rings. The molecule has 0 atom stereocenters. The number of amides is 1. The van der Waals surface area contributed by atoms with E-state index in [0.717, 1.165) is 28.3 Å². The smallest absolute Gasteiger partial charge is 0.275 e. The Labute approximate surface area is 157 Å². The van der Waals surface area contributed by atoms with Crippen LogP contribution in [0.3, 0.4) is 0 Å². The number of aromatic nitrogens is 2. The van der Waals surface area contributed by atoms with Crippen LogP contribution in [0.1, 0.15) is 21.6 Å². The van der Waals surface area contributed by atoms with Crippen LogP contribution in [0.25, 0.3) is 0 Å². The van der Waals surface area contributed by atoms with Gasteiger partial charge in [0, 0.05) is 17.3 Å². The van der Waals surface area contributed by atoms with E-state index in [1.54, 1.807) is 6.20 Å². The summed E-state index contributed by atoms with van der Waals surface area (Å²) in [6.07, 6.45) is 3.84. The van der Waals surface area contributed by atoms with Gasteiger partial charge in [-0.2, -0.15) is 0 Å². The highest BCUT2D eigenvalue weighted by Gasteiger charge is 2.08. The average molecular weight is 367 g/mol. The molecule has 1 amide bonds. The van der Waals surface area contributed by atoms with Crippen LogP contribution in [-0.4, -0.2) is 22.4 Å². The number of benzene rings is 2. The molecule has 0 unspecified atom stereocenters. The first-order valence-corrected chi connectivity index (χ1v) is 8.66. The summed E-state index contributed by atoms with van der Waals surface area (Å²) in [5.41, 5.74) is 3.23. The first kappa shape index (κ1) is 17.9. The van der Waals surface area contributed by atoms with Gasteiger partial charge in [-0.15, -0.1) is 0 Å². The molecule has 3 rings (SSSR count). The second kappa shape index (κ2) is 8.45. The van der Waals surface area contributed by atoms with Crippen molar-refractivity contribution in [3.63, 3.8) is 0 Å². The third-order valence-corrected chi connectivity index (χ3v) is 4.00. The van der Waals surface area contributed by atoms with E-state index in [2.05, 4.69) is 20.6 Å². The third kappa shape index (κ3) is 5.04. The summed E-state index contributed by atoms with van der Waals surface area (Å²) >= 11 is 5.97. The zero-order chi connectivity index (χ0) is 18.4. The Kier molecular flexibility index (Phi) is 5.81. The molecule has 0 fully saturated rings. The molecule has 1 aromatic heterocycles. The SMILES string of the molecule is Cc1cccc(NC(=O)c2cnc(NCCc3cccc(Cl)c3)cn2)c1. The van der Waals surface area contributed by atoms with Gasteiger partial charge in [-0.25, -0.2) is 9.97 Å². The van der Waals surface area contributed by atoms with Crippen LogP contribution in [0.4, 0.5) is 11.5 Å². The van der Waals surface area contributed by atoms with Crippen LogP contribution in [0.5, 0.6) is 0 Å². The van der Waals surface area contributed by atoms with Crippen molar-refractivity contribution >= 4 is 29.0 Å². The number of anilines is 2. The zero-order valence-electron chi connectivity index (χ0n) is 14.4. The van der Waals surface area contributed by atoms with Crippen LogP contribution < -0.4 is 10.6 Å². The molecule has 0 bridgehead atoms. The Morgan fingerprint density at radius 2 is 1.92 bits per heavy atom. The Morgan fingerprint density at radius 1 is 1.08 bits per heavy atom. The molecule has 26 heavy (non-hydrogen) atoms. The molecule has 0 aliphatic heterocycles. The van der Waals surface area contributed by atoms with Gasteiger partial charge >= 0.3 is 0 Å². The van der Waals surface area contributed by atoms with Crippen LogP contribution >= 0.6 is 11.6 Å². The Balaban J connectivity index is 1.53. The summed E-state index contributed by atoms with van der Waals surface area (Å²) in [5.74, 6) is 0.340. The molecule has 0 aliphatic rings. The molecule has 0 spiro atoms. The van der Waals surface area contributed by atoms with Gasteiger partial charge in [0.15, 0.2) is 0 Å². The Morgan fingerprint density at radius 3 is 2.65 bits per heavy atom. The number of carbonyl (C=O) groups excluding carboxylic acids is 1. The number of nitrogens with zero attached hydrogens (tertiary/aromatic N) is 2. The number of rotatable bonds is 6.